The fraction of sp³-hybridized carbons (Fsp3) is 0.600. The van der Waals surface area contributed by atoms with Crippen LogP contribution in [0.2, 0.25) is 0 Å². The van der Waals surface area contributed by atoms with Crippen LogP contribution in [0.25, 0.3) is 0 Å². The molecular formula is C10H16N4O. The molecule has 0 unspecified atom stereocenters. The number of imidazole rings is 1. The van der Waals surface area contributed by atoms with Crippen LogP contribution in [0.4, 0.5) is 0 Å². The largest absolute Gasteiger partial charge is 0.364 e. The second-order valence-electron chi connectivity index (χ2n) is 4.11. The van der Waals surface area contributed by atoms with Gasteiger partial charge in [-0.2, -0.15) is 0 Å². The zero-order valence-electron chi connectivity index (χ0n) is 9.08. The summed E-state index contributed by atoms with van der Waals surface area (Å²) in [5, 5.41) is 3.22. The molecule has 0 spiro atoms. The Morgan fingerprint density at radius 2 is 2.33 bits per heavy atom. The van der Waals surface area contributed by atoms with Crippen LogP contribution in [0.15, 0.2) is 0 Å². The molecule has 1 aliphatic rings. The van der Waals surface area contributed by atoms with Gasteiger partial charge in [0.15, 0.2) is 5.69 Å². The lowest BCUT2D eigenvalue weighted by atomic mass is 10.2. The monoisotopic (exact) mass is 208 g/mol. The average Bonchev–Trinajstić information content (AvgIpc) is 2.56. The normalized spacial score (nSPS) is 15.4. The van der Waals surface area contributed by atoms with E-state index in [9.17, 15) is 4.79 Å². The quantitative estimate of drug-likeness (QED) is 0.729. The van der Waals surface area contributed by atoms with Crippen LogP contribution in [0, 0.1) is 0 Å². The Morgan fingerprint density at radius 1 is 1.60 bits per heavy atom. The highest BCUT2D eigenvalue weighted by atomic mass is 16.1. The number of carbonyl (C=O) groups excluding carboxylic acids is 1. The van der Waals surface area contributed by atoms with Crippen molar-refractivity contribution in [3.8, 4) is 0 Å². The van der Waals surface area contributed by atoms with E-state index >= 15 is 0 Å². The third kappa shape index (κ3) is 1.63. The van der Waals surface area contributed by atoms with Crippen LogP contribution in [0.5, 0.6) is 0 Å². The predicted molar refractivity (Wildman–Crippen MR) is 56.5 cm³/mol. The van der Waals surface area contributed by atoms with E-state index < -0.39 is 5.91 Å². The molecule has 1 aliphatic heterocycles. The SMILES string of the molecule is CC(C)c1nc(C(N)=O)c2n1CCNC2. The summed E-state index contributed by atoms with van der Waals surface area (Å²) in [5.41, 5.74) is 6.66. The van der Waals surface area contributed by atoms with Gasteiger partial charge in [0.05, 0.1) is 5.69 Å². The van der Waals surface area contributed by atoms with Crippen molar-refractivity contribution in [2.24, 2.45) is 5.73 Å². The Bertz CT molecular complexity index is 394. The van der Waals surface area contributed by atoms with Crippen molar-refractivity contribution in [3.63, 3.8) is 0 Å². The van der Waals surface area contributed by atoms with Crippen LogP contribution in [-0.4, -0.2) is 22.0 Å². The summed E-state index contributed by atoms with van der Waals surface area (Å²) >= 11 is 0. The topological polar surface area (TPSA) is 72.9 Å². The molecule has 82 valence electrons. The van der Waals surface area contributed by atoms with E-state index in [4.69, 9.17) is 5.73 Å². The summed E-state index contributed by atoms with van der Waals surface area (Å²) in [4.78, 5) is 15.6. The molecule has 1 amide bonds. The first-order valence-corrected chi connectivity index (χ1v) is 5.21. The Balaban J connectivity index is 2.54. The number of aromatic nitrogens is 2. The molecule has 0 radical (unpaired) electrons. The van der Waals surface area contributed by atoms with Crippen molar-refractivity contribution in [3.05, 3.63) is 17.2 Å². The summed E-state index contributed by atoms with van der Waals surface area (Å²) in [7, 11) is 0. The van der Waals surface area contributed by atoms with Crippen LogP contribution >= 0.6 is 0 Å². The molecular weight excluding hydrogens is 192 g/mol. The molecule has 5 nitrogen and oxygen atoms in total. The Kier molecular flexibility index (Phi) is 2.48. The number of nitrogens with zero attached hydrogens (tertiary/aromatic N) is 2. The summed E-state index contributed by atoms with van der Waals surface area (Å²) in [6, 6.07) is 0. The standard InChI is InChI=1S/C10H16N4O/c1-6(2)10-13-8(9(11)15)7-5-12-3-4-14(7)10/h6,12H,3-5H2,1-2H3,(H2,11,15). The molecule has 0 aromatic carbocycles. The van der Waals surface area contributed by atoms with Gasteiger partial charge in [-0.05, 0) is 0 Å². The van der Waals surface area contributed by atoms with Gasteiger partial charge in [0.2, 0.25) is 0 Å². The highest BCUT2D eigenvalue weighted by Gasteiger charge is 2.23. The van der Waals surface area contributed by atoms with E-state index in [0.29, 0.717) is 18.2 Å². The number of nitrogens with two attached hydrogens (primary N) is 1. The van der Waals surface area contributed by atoms with Gasteiger partial charge in [-0.3, -0.25) is 4.79 Å². The number of hydrogen-bond acceptors (Lipinski definition) is 3. The molecule has 0 fully saturated rings. The Hall–Kier alpha value is -1.36. The Labute approximate surface area is 88.7 Å². The number of hydrogen-bond donors (Lipinski definition) is 2. The lowest BCUT2D eigenvalue weighted by Gasteiger charge is -2.19. The van der Waals surface area contributed by atoms with Crippen molar-refractivity contribution in [1.29, 1.82) is 0 Å². The van der Waals surface area contributed by atoms with Gasteiger partial charge in [0, 0.05) is 25.6 Å². The second kappa shape index (κ2) is 3.66. The van der Waals surface area contributed by atoms with Crippen LogP contribution in [-0.2, 0) is 13.1 Å². The summed E-state index contributed by atoms with van der Waals surface area (Å²) in [6.45, 7) is 6.60. The van der Waals surface area contributed by atoms with E-state index in [1.165, 1.54) is 0 Å². The van der Waals surface area contributed by atoms with Crippen LogP contribution in [0.3, 0.4) is 0 Å². The minimum absolute atomic E-state index is 0.315. The third-order valence-electron chi connectivity index (χ3n) is 2.66. The number of rotatable bonds is 2. The smallest absolute Gasteiger partial charge is 0.269 e. The highest BCUT2D eigenvalue weighted by molar-refractivity contribution is 5.92. The first-order valence-electron chi connectivity index (χ1n) is 5.21. The van der Waals surface area contributed by atoms with Crippen molar-refractivity contribution in [2.75, 3.05) is 6.54 Å². The molecule has 0 bridgehead atoms. The maximum absolute atomic E-state index is 11.2. The molecule has 2 rings (SSSR count). The zero-order chi connectivity index (χ0) is 11.0. The molecule has 0 atom stereocenters. The number of amides is 1. The molecule has 15 heavy (non-hydrogen) atoms. The lowest BCUT2D eigenvalue weighted by molar-refractivity contribution is 0.0994. The van der Waals surface area contributed by atoms with Gasteiger partial charge in [-0.1, -0.05) is 13.8 Å². The zero-order valence-corrected chi connectivity index (χ0v) is 9.08. The summed E-state index contributed by atoms with van der Waals surface area (Å²) < 4.78 is 2.11. The van der Waals surface area contributed by atoms with Gasteiger partial charge < -0.3 is 15.6 Å². The second-order valence-corrected chi connectivity index (χ2v) is 4.11. The van der Waals surface area contributed by atoms with Crippen molar-refractivity contribution < 1.29 is 4.79 Å². The molecule has 1 aromatic rings. The number of fused-ring (bicyclic) bond motifs is 1. The molecule has 0 saturated heterocycles. The van der Waals surface area contributed by atoms with E-state index in [2.05, 4.69) is 28.7 Å². The van der Waals surface area contributed by atoms with Gasteiger partial charge in [-0.25, -0.2) is 4.98 Å². The van der Waals surface area contributed by atoms with Crippen molar-refractivity contribution >= 4 is 5.91 Å². The van der Waals surface area contributed by atoms with Gasteiger partial charge >= 0.3 is 0 Å². The molecule has 1 aromatic heterocycles. The van der Waals surface area contributed by atoms with Crippen LogP contribution in [0.1, 0.15) is 41.8 Å². The third-order valence-corrected chi connectivity index (χ3v) is 2.66. The predicted octanol–water partition coefficient (Wildman–Crippen LogP) is 0.209. The van der Waals surface area contributed by atoms with E-state index in [-0.39, 0.29) is 0 Å². The molecule has 0 saturated carbocycles. The van der Waals surface area contributed by atoms with Crippen molar-refractivity contribution in [1.82, 2.24) is 14.9 Å². The van der Waals surface area contributed by atoms with Crippen molar-refractivity contribution in [2.45, 2.75) is 32.9 Å². The average molecular weight is 208 g/mol. The molecule has 5 heteroatoms. The molecule has 0 aliphatic carbocycles. The van der Waals surface area contributed by atoms with E-state index in [0.717, 1.165) is 24.6 Å². The van der Waals surface area contributed by atoms with Crippen LogP contribution < -0.4 is 11.1 Å². The molecule has 3 N–H and O–H groups in total. The first kappa shape index (κ1) is 10.2. The van der Waals surface area contributed by atoms with E-state index in [1.807, 2.05) is 0 Å². The Morgan fingerprint density at radius 3 is 2.93 bits per heavy atom. The lowest BCUT2D eigenvalue weighted by Crippen LogP contribution is -2.30. The number of carbonyl (C=O) groups is 1. The minimum Gasteiger partial charge on any atom is -0.364 e. The van der Waals surface area contributed by atoms with Gasteiger partial charge in [-0.15, -0.1) is 0 Å². The fourth-order valence-electron chi connectivity index (χ4n) is 1.97. The summed E-state index contributed by atoms with van der Waals surface area (Å²) in [5.74, 6) is 0.838. The highest BCUT2D eigenvalue weighted by Crippen LogP contribution is 2.20. The summed E-state index contributed by atoms with van der Waals surface area (Å²) in [6.07, 6.45) is 0. The maximum atomic E-state index is 11.2. The van der Waals surface area contributed by atoms with Gasteiger partial charge in [0.25, 0.3) is 5.91 Å². The minimum atomic E-state index is -0.436. The molecule has 2 heterocycles. The fourth-order valence-corrected chi connectivity index (χ4v) is 1.97. The maximum Gasteiger partial charge on any atom is 0.269 e. The number of primary amides is 1. The van der Waals surface area contributed by atoms with Gasteiger partial charge in [0.1, 0.15) is 5.82 Å². The first-order chi connectivity index (χ1) is 7.11. The number of nitrogens with one attached hydrogen (secondary N) is 1. The van der Waals surface area contributed by atoms with E-state index in [1.54, 1.807) is 0 Å².